The Hall–Kier alpha value is -2.60. The zero-order chi connectivity index (χ0) is 17.6. The zero-order valence-corrected chi connectivity index (χ0v) is 14.3. The van der Waals surface area contributed by atoms with E-state index in [1.54, 1.807) is 18.2 Å². The Kier molecular flexibility index (Phi) is 3.84. The fourth-order valence-electron chi connectivity index (χ4n) is 3.12. The van der Waals surface area contributed by atoms with Crippen molar-refractivity contribution in [3.05, 3.63) is 71.7 Å². The van der Waals surface area contributed by atoms with E-state index in [1.807, 2.05) is 35.0 Å². The summed E-state index contributed by atoms with van der Waals surface area (Å²) in [4.78, 5) is 25.4. The molecule has 2 amide bonds. The van der Waals surface area contributed by atoms with Crippen molar-refractivity contribution < 1.29 is 14.0 Å². The molecule has 1 fully saturated rings. The third kappa shape index (κ3) is 2.62. The fraction of sp³-hybridized carbons (Fsp3) is 0.158. The van der Waals surface area contributed by atoms with E-state index in [9.17, 15) is 14.0 Å². The van der Waals surface area contributed by atoms with Crippen molar-refractivity contribution in [2.24, 2.45) is 0 Å². The number of carbonyl (C=O) groups is 2. The van der Waals surface area contributed by atoms with Gasteiger partial charge in [-0.15, -0.1) is 0 Å². The maximum Gasteiger partial charge on any atom is 0.289 e. The first-order chi connectivity index (χ1) is 12.1. The van der Waals surface area contributed by atoms with E-state index in [2.05, 4.69) is 0 Å². The van der Waals surface area contributed by atoms with Gasteiger partial charge in [0.05, 0.1) is 6.54 Å². The molecular formula is C19H15FN2O2S. The second-order valence-electron chi connectivity index (χ2n) is 5.98. The van der Waals surface area contributed by atoms with Gasteiger partial charge in [-0.05, 0) is 23.9 Å². The molecule has 6 heteroatoms. The Bertz CT molecular complexity index is 998. The lowest BCUT2D eigenvalue weighted by Crippen LogP contribution is -2.24. The minimum absolute atomic E-state index is 0.219. The lowest BCUT2D eigenvalue weighted by Gasteiger charge is -2.07. The maximum atomic E-state index is 14.0. The van der Waals surface area contributed by atoms with Crippen molar-refractivity contribution in [1.29, 1.82) is 0 Å². The number of para-hydroxylation sites is 1. The van der Waals surface area contributed by atoms with Crippen LogP contribution in [0.4, 0.5) is 9.18 Å². The van der Waals surface area contributed by atoms with E-state index >= 15 is 0 Å². The number of imide groups is 1. The summed E-state index contributed by atoms with van der Waals surface area (Å²) in [5, 5.41) is 0.109. The summed E-state index contributed by atoms with van der Waals surface area (Å²) < 4.78 is 16.0. The van der Waals surface area contributed by atoms with E-state index in [1.165, 1.54) is 13.1 Å². The minimum atomic E-state index is -0.552. The Labute approximate surface area is 148 Å². The van der Waals surface area contributed by atoms with E-state index in [0.717, 1.165) is 33.1 Å². The Balaban J connectivity index is 1.81. The molecule has 4 rings (SSSR count). The van der Waals surface area contributed by atoms with Crippen molar-refractivity contribution in [2.75, 3.05) is 7.05 Å². The summed E-state index contributed by atoms with van der Waals surface area (Å²) in [6, 6.07) is 14.3. The first-order valence-electron chi connectivity index (χ1n) is 7.85. The number of hydrogen-bond donors (Lipinski definition) is 0. The summed E-state index contributed by atoms with van der Waals surface area (Å²) in [5.41, 5.74) is 2.28. The topological polar surface area (TPSA) is 42.3 Å². The summed E-state index contributed by atoms with van der Waals surface area (Å²) in [6.45, 7) is 0.364. The largest absolute Gasteiger partial charge is 0.343 e. The molecule has 1 unspecified atom stereocenters. The van der Waals surface area contributed by atoms with Gasteiger partial charge >= 0.3 is 0 Å². The van der Waals surface area contributed by atoms with Gasteiger partial charge in [-0.3, -0.25) is 14.5 Å². The molecule has 1 aromatic heterocycles. The molecular weight excluding hydrogens is 339 g/mol. The molecule has 25 heavy (non-hydrogen) atoms. The molecule has 1 saturated heterocycles. The molecule has 3 aromatic rings. The molecule has 0 saturated carbocycles. The average molecular weight is 354 g/mol. The number of nitrogens with zero attached hydrogens (tertiary/aromatic N) is 2. The average Bonchev–Trinajstić information content (AvgIpc) is 3.10. The number of fused-ring (bicyclic) bond motifs is 1. The van der Waals surface area contributed by atoms with Crippen LogP contribution in [0.3, 0.4) is 0 Å². The molecule has 0 spiro atoms. The predicted molar refractivity (Wildman–Crippen MR) is 95.9 cm³/mol. The van der Waals surface area contributed by atoms with Crippen LogP contribution in [0.2, 0.25) is 0 Å². The van der Waals surface area contributed by atoms with Crippen LogP contribution in [0.1, 0.15) is 16.4 Å². The Morgan fingerprint density at radius 2 is 1.80 bits per heavy atom. The highest BCUT2D eigenvalue weighted by Gasteiger charge is 2.39. The summed E-state index contributed by atoms with van der Waals surface area (Å²) >= 11 is 1.02. The zero-order valence-electron chi connectivity index (χ0n) is 13.5. The van der Waals surface area contributed by atoms with Gasteiger partial charge < -0.3 is 4.57 Å². The number of carbonyl (C=O) groups excluding carboxylic acids is 2. The number of halogens is 1. The molecule has 126 valence electrons. The van der Waals surface area contributed by atoms with Crippen molar-refractivity contribution in [1.82, 2.24) is 9.47 Å². The van der Waals surface area contributed by atoms with Gasteiger partial charge in [0.15, 0.2) is 0 Å². The van der Waals surface area contributed by atoms with Crippen LogP contribution in [0.5, 0.6) is 0 Å². The molecule has 1 aliphatic rings. The van der Waals surface area contributed by atoms with Crippen LogP contribution < -0.4 is 0 Å². The van der Waals surface area contributed by atoms with E-state index in [4.69, 9.17) is 0 Å². The third-order valence-corrected chi connectivity index (χ3v) is 5.61. The van der Waals surface area contributed by atoms with Crippen molar-refractivity contribution in [2.45, 2.75) is 11.8 Å². The molecule has 2 heterocycles. The number of benzene rings is 2. The van der Waals surface area contributed by atoms with E-state index in [0.29, 0.717) is 12.1 Å². The van der Waals surface area contributed by atoms with Gasteiger partial charge in [0.1, 0.15) is 11.1 Å². The quantitative estimate of drug-likeness (QED) is 0.708. The molecule has 4 nitrogen and oxygen atoms in total. The summed E-state index contributed by atoms with van der Waals surface area (Å²) in [6.07, 6.45) is 1.86. The highest BCUT2D eigenvalue weighted by molar-refractivity contribution is 8.15. The van der Waals surface area contributed by atoms with Crippen LogP contribution in [-0.2, 0) is 11.3 Å². The van der Waals surface area contributed by atoms with Crippen molar-refractivity contribution in [3.8, 4) is 0 Å². The summed E-state index contributed by atoms with van der Waals surface area (Å²) in [7, 11) is 1.50. The van der Waals surface area contributed by atoms with E-state index in [-0.39, 0.29) is 17.0 Å². The molecule has 0 bridgehead atoms. The van der Waals surface area contributed by atoms with Crippen LogP contribution in [0.25, 0.3) is 10.9 Å². The second kappa shape index (κ2) is 6.04. The van der Waals surface area contributed by atoms with Crippen LogP contribution in [0.15, 0.2) is 54.7 Å². The first kappa shape index (κ1) is 15.9. The number of thioether (sulfide) groups is 1. The van der Waals surface area contributed by atoms with Gasteiger partial charge in [0.25, 0.3) is 5.24 Å². The second-order valence-corrected chi connectivity index (χ2v) is 7.04. The van der Waals surface area contributed by atoms with Crippen molar-refractivity contribution in [3.63, 3.8) is 0 Å². The number of amides is 2. The van der Waals surface area contributed by atoms with Crippen molar-refractivity contribution >= 4 is 33.8 Å². The monoisotopic (exact) mass is 354 g/mol. The SMILES string of the molecule is CN1C(=O)SC(c2cn(Cc3ccccc3F)c3ccccc23)C1=O. The van der Waals surface area contributed by atoms with Gasteiger partial charge in [0, 0.05) is 35.3 Å². The molecule has 0 radical (unpaired) electrons. The maximum absolute atomic E-state index is 14.0. The van der Waals surface area contributed by atoms with Gasteiger partial charge in [-0.25, -0.2) is 4.39 Å². The molecule has 1 atom stereocenters. The lowest BCUT2D eigenvalue weighted by molar-refractivity contribution is -0.125. The Morgan fingerprint density at radius 3 is 2.52 bits per heavy atom. The Morgan fingerprint density at radius 1 is 1.08 bits per heavy atom. The normalized spacial score (nSPS) is 17.7. The van der Waals surface area contributed by atoms with Gasteiger partial charge in [0.2, 0.25) is 5.91 Å². The number of hydrogen-bond acceptors (Lipinski definition) is 3. The smallest absolute Gasteiger partial charge is 0.289 e. The van der Waals surface area contributed by atoms with Crippen LogP contribution in [0, 0.1) is 5.82 Å². The molecule has 2 aromatic carbocycles. The molecule has 0 aliphatic carbocycles. The highest BCUT2D eigenvalue weighted by Crippen LogP contribution is 2.42. The van der Waals surface area contributed by atoms with Crippen LogP contribution in [-0.4, -0.2) is 27.7 Å². The third-order valence-electron chi connectivity index (χ3n) is 4.45. The van der Waals surface area contributed by atoms with Crippen LogP contribution >= 0.6 is 11.8 Å². The first-order valence-corrected chi connectivity index (χ1v) is 8.73. The summed E-state index contributed by atoms with van der Waals surface area (Å²) in [5.74, 6) is -0.480. The predicted octanol–water partition coefficient (Wildman–Crippen LogP) is 4.20. The standard InChI is InChI=1S/C19H15FN2O2S/c1-21-18(23)17(25-19(21)24)14-11-22(16-9-5-3-7-13(14)16)10-12-6-2-4-8-15(12)20/h2-9,11,17H,10H2,1H3. The number of aromatic nitrogens is 1. The van der Waals surface area contributed by atoms with Gasteiger partial charge in [-0.1, -0.05) is 36.4 Å². The highest BCUT2D eigenvalue weighted by atomic mass is 32.2. The lowest BCUT2D eigenvalue weighted by atomic mass is 10.1. The van der Waals surface area contributed by atoms with Gasteiger partial charge in [-0.2, -0.15) is 0 Å². The molecule has 1 aliphatic heterocycles. The van der Waals surface area contributed by atoms with E-state index < -0.39 is 5.25 Å². The fourth-order valence-corrected chi connectivity index (χ4v) is 4.14. The molecule has 0 N–H and O–H groups in total. The number of rotatable bonds is 3. The number of likely N-dealkylation sites (N-methyl/N-ethyl adjacent to an activating group) is 1. The minimum Gasteiger partial charge on any atom is -0.343 e.